The average molecular weight is 548 g/mol. The molecule has 0 aliphatic carbocycles. The lowest BCUT2D eigenvalue weighted by Crippen LogP contribution is -2.45. The molecule has 10 heteroatoms. The van der Waals surface area contributed by atoms with Crippen LogP contribution in [0.25, 0.3) is 0 Å². The van der Waals surface area contributed by atoms with Crippen LogP contribution in [0.4, 0.5) is 5.69 Å². The van der Waals surface area contributed by atoms with Gasteiger partial charge in [-0.2, -0.15) is 0 Å². The highest BCUT2D eigenvalue weighted by Gasteiger charge is 2.23. The van der Waals surface area contributed by atoms with Crippen LogP contribution in [-0.4, -0.2) is 60.1 Å². The van der Waals surface area contributed by atoms with Crippen molar-refractivity contribution in [2.24, 2.45) is 12.0 Å². The summed E-state index contributed by atoms with van der Waals surface area (Å²) in [5, 5.41) is 16.0. The molecule has 2 N–H and O–H groups in total. The first kappa shape index (κ1) is 24.7. The highest BCUT2D eigenvalue weighted by atomic mass is 127. The molecule has 1 fully saturated rings. The fourth-order valence-corrected chi connectivity index (χ4v) is 3.48. The van der Waals surface area contributed by atoms with Crippen LogP contribution in [0.2, 0.25) is 5.02 Å². The number of methoxy groups -OCH3 is 1. The number of aliphatic imine (C=N–C) groups is 1. The average Bonchev–Trinajstić information content (AvgIpc) is 3.30. The maximum Gasteiger partial charge on any atom is 0.191 e. The van der Waals surface area contributed by atoms with Gasteiger partial charge in [0.2, 0.25) is 0 Å². The Hall–Kier alpha value is -1.59. The van der Waals surface area contributed by atoms with E-state index >= 15 is 0 Å². The van der Waals surface area contributed by atoms with Crippen molar-refractivity contribution in [2.45, 2.75) is 32.4 Å². The Morgan fingerprint density at radius 1 is 1.37 bits per heavy atom. The smallest absolute Gasteiger partial charge is 0.191 e. The van der Waals surface area contributed by atoms with Crippen molar-refractivity contribution in [2.75, 3.05) is 38.3 Å². The molecular formula is C20H31ClIN7O. The summed E-state index contributed by atoms with van der Waals surface area (Å²) in [6.07, 6.45) is 1.95. The molecule has 0 radical (unpaired) electrons. The minimum absolute atomic E-state index is 0. The van der Waals surface area contributed by atoms with E-state index in [4.69, 9.17) is 21.3 Å². The molecule has 8 nitrogen and oxygen atoms in total. The molecule has 1 atom stereocenters. The molecule has 1 aromatic carbocycles. The molecule has 0 bridgehead atoms. The van der Waals surface area contributed by atoms with Crippen molar-refractivity contribution >= 4 is 47.2 Å². The second-order valence-corrected chi connectivity index (χ2v) is 7.65. The monoisotopic (exact) mass is 547 g/mol. The van der Waals surface area contributed by atoms with Gasteiger partial charge in [0.1, 0.15) is 12.4 Å². The second kappa shape index (κ2) is 12.3. The van der Waals surface area contributed by atoms with Gasteiger partial charge in [-0.05, 0) is 38.0 Å². The third-order valence-corrected chi connectivity index (χ3v) is 5.32. The van der Waals surface area contributed by atoms with E-state index in [1.54, 1.807) is 7.11 Å². The fraction of sp³-hybridized carbons (Fsp3) is 0.550. The summed E-state index contributed by atoms with van der Waals surface area (Å²) in [5.74, 6) is 2.51. The zero-order valence-corrected chi connectivity index (χ0v) is 20.9. The number of benzene rings is 1. The molecule has 0 amide bonds. The first-order chi connectivity index (χ1) is 14.1. The predicted molar refractivity (Wildman–Crippen MR) is 132 cm³/mol. The molecule has 0 spiro atoms. The molecule has 30 heavy (non-hydrogen) atoms. The second-order valence-electron chi connectivity index (χ2n) is 7.22. The Labute approximate surface area is 200 Å². The van der Waals surface area contributed by atoms with Gasteiger partial charge in [0.15, 0.2) is 11.8 Å². The third-order valence-electron chi connectivity index (χ3n) is 5.08. The van der Waals surface area contributed by atoms with Gasteiger partial charge in [0, 0.05) is 57.2 Å². The number of hydrogen-bond donors (Lipinski definition) is 2. The van der Waals surface area contributed by atoms with Crippen LogP contribution in [0.1, 0.15) is 24.5 Å². The maximum absolute atomic E-state index is 6.15. The number of ether oxygens (including phenoxy) is 1. The summed E-state index contributed by atoms with van der Waals surface area (Å²) in [5.41, 5.74) is 1.16. The minimum atomic E-state index is 0. The topological polar surface area (TPSA) is 79.6 Å². The summed E-state index contributed by atoms with van der Waals surface area (Å²) in [6, 6.07) is 8.32. The van der Waals surface area contributed by atoms with E-state index in [9.17, 15) is 0 Å². The summed E-state index contributed by atoms with van der Waals surface area (Å²) < 4.78 is 7.10. The minimum Gasteiger partial charge on any atom is -0.385 e. The van der Waals surface area contributed by atoms with Crippen molar-refractivity contribution in [3.05, 3.63) is 40.9 Å². The van der Waals surface area contributed by atoms with Crippen LogP contribution in [0.5, 0.6) is 0 Å². The molecule has 3 rings (SSSR count). The van der Waals surface area contributed by atoms with Gasteiger partial charge in [-0.15, -0.1) is 34.2 Å². The van der Waals surface area contributed by atoms with E-state index in [1.165, 1.54) is 0 Å². The number of hydrogen-bond acceptors (Lipinski definition) is 5. The number of rotatable bonds is 8. The maximum atomic E-state index is 6.15. The zero-order chi connectivity index (χ0) is 20.6. The van der Waals surface area contributed by atoms with Crippen molar-refractivity contribution in [1.82, 2.24) is 25.4 Å². The van der Waals surface area contributed by atoms with Crippen molar-refractivity contribution in [3.8, 4) is 0 Å². The van der Waals surface area contributed by atoms with Crippen LogP contribution < -0.4 is 15.5 Å². The number of anilines is 1. The molecule has 1 aliphatic rings. The summed E-state index contributed by atoms with van der Waals surface area (Å²) in [4.78, 5) is 7.08. The van der Waals surface area contributed by atoms with Gasteiger partial charge in [-0.3, -0.25) is 0 Å². The van der Waals surface area contributed by atoms with Gasteiger partial charge in [-0.25, -0.2) is 4.99 Å². The molecule has 1 saturated heterocycles. The highest BCUT2D eigenvalue weighted by Crippen LogP contribution is 2.23. The Bertz CT molecular complexity index is 829. The number of guanidine groups is 1. The normalized spacial score (nSPS) is 16.5. The Balaban J connectivity index is 0.00000320. The number of aromatic nitrogens is 3. The van der Waals surface area contributed by atoms with Crippen molar-refractivity contribution in [1.29, 1.82) is 0 Å². The number of nitrogens with one attached hydrogen (secondary N) is 2. The molecule has 0 saturated carbocycles. The number of nitrogens with zero attached hydrogens (tertiary/aromatic N) is 5. The largest absolute Gasteiger partial charge is 0.385 e. The van der Waals surface area contributed by atoms with Gasteiger partial charge in [0.25, 0.3) is 0 Å². The van der Waals surface area contributed by atoms with E-state index < -0.39 is 0 Å². The van der Waals surface area contributed by atoms with Gasteiger partial charge in [0.05, 0.1) is 0 Å². The zero-order valence-electron chi connectivity index (χ0n) is 17.8. The highest BCUT2D eigenvalue weighted by molar-refractivity contribution is 14.0. The van der Waals surface area contributed by atoms with Crippen LogP contribution in [-0.2, 0) is 18.3 Å². The van der Waals surface area contributed by atoms with Crippen LogP contribution in [0.15, 0.2) is 29.3 Å². The molecular weight excluding hydrogens is 517 g/mol. The lowest BCUT2D eigenvalue weighted by atomic mass is 10.2. The lowest BCUT2D eigenvalue weighted by Gasteiger charge is -2.21. The van der Waals surface area contributed by atoms with Crippen LogP contribution in [0, 0.1) is 6.92 Å². The standard InChI is InChI=1S/C20H30ClN7O.HI/c1-15-25-26-19(27(15)2)13-23-20(22-9-5-11-29-3)24-17-8-10-28(14-17)18-7-4-6-16(21)12-18;/h4,6-7,12,17H,5,8-11,13-14H2,1-3H3,(H2,22,23,24);1H. The SMILES string of the molecule is COCCCNC(=NCc1nnc(C)n1C)NC1CCN(c2cccc(Cl)c2)C1.I. The van der Waals surface area contributed by atoms with E-state index in [-0.39, 0.29) is 24.0 Å². The van der Waals surface area contributed by atoms with E-state index in [0.717, 1.165) is 60.8 Å². The van der Waals surface area contributed by atoms with E-state index in [2.05, 4.69) is 31.8 Å². The lowest BCUT2D eigenvalue weighted by molar-refractivity contribution is 0.195. The van der Waals surface area contributed by atoms with Gasteiger partial charge >= 0.3 is 0 Å². The summed E-state index contributed by atoms with van der Waals surface area (Å²) in [7, 11) is 3.67. The first-order valence-corrected chi connectivity index (χ1v) is 10.3. The first-order valence-electron chi connectivity index (χ1n) is 9.96. The van der Waals surface area contributed by atoms with E-state index in [1.807, 2.05) is 36.7 Å². The summed E-state index contributed by atoms with van der Waals surface area (Å²) >= 11 is 6.15. The quantitative estimate of drug-likeness (QED) is 0.229. The number of aryl methyl sites for hydroxylation is 1. The molecule has 2 heterocycles. The Kier molecular flexibility index (Phi) is 10.1. The number of halogens is 2. The Morgan fingerprint density at radius 2 is 2.20 bits per heavy atom. The van der Waals surface area contributed by atoms with Gasteiger partial charge < -0.3 is 24.8 Å². The Morgan fingerprint density at radius 3 is 2.90 bits per heavy atom. The van der Waals surface area contributed by atoms with Crippen molar-refractivity contribution in [3.63, 3.8) is 0 Å². The molecule has 1 aliphatic heterocycles. The predicted octanol–water partition coefficient (Wildman–Crippen LogP) is 2.75. The summed E-state index contributed by atoms with van der Waals surface area (Å²) in [6.45, 7) is 5.81. The molecule has 166 valence electrons. The van der Waals surface area contributed by atoms with Crippen LogP contribution >= 0.6 is 35.6 Å². The fourth-order valence-electron chi connectivity index (χ4n) is 3.29. The molecule has 2 aromatic rings. The molecule has 1 unspecified atom stereocenters. The van der Waals surface area contributed by atoms with Gasteiger partial charge in [-0.1, -0.05) is 17.7 Å². The third kappa shape index (κ3) is 6.98. The van der Waals surface area contributed by atoms with Crippen molar-refractivity contribution < 1.29 is 4.74 Å². The van der Waals surface area contributed by atoms with Crippen LogP contribution in [0.3, 0.4) is 0 Å². The molecule has 1 aromatic heterocycles. The van der Waals surface area contributed by atoms with E-state index in [0.29, 0.717) is 19.2 Å².